The minimum Gasteiger partial charge on any atom is -0.375 e. The van der Waals surface area contributed by atoms with Gasteiger partial charge in [-0.05, 0) is 36.1 Å². The molecule has 3 rings (SSSR count). The molecule has 0 atom stereocenters. The second-order valence-corrected chi connectivity index (χ2v) is 8.25. The van der Waals surface area contributed by atoms with Crippen LogP contribution in [0.1, 0.15) is 6.42 Å². The molecule has 0 fully saturated rings. The number of hydrogen-bond acceptors (Lipinski definition) is 3. The number of sulfonamides is 1. The lowest BCUT2D eigenvalue weighted by Crippen LogP contribution is -2.28. The quantitative estimate of drug-likeness (QED) is 0.614. The van der Waals surface area contributed by atoms with Gasteiger partial charge in [0.05, 0.1) is 4.90 Å². The van der Waals surface area contributed by atoms with Crippen molar-refractivity contribution in [1.82, 2.24) is 4.72 Å². The molecular weight excluding hydrogens is 368 g/mol. The molecule has 0 bridgehead atoms. The Morgan fingerprint density at radius 1 is 0.962 bits per heavy atom. The number of anilines is 1. The summed E-state index contributed by atoms with van der Waals surface area (Å²) in [4.78, 5) is 2.32. The molecule has 4 nitrogen and oxygen atoms in total. The third kappa shape index (κ3) is 4.18. The lowest BCUT2D eigenvalue weighted by atomic mass is 10.1. The van der Waals surface area contributed by atoms with Gasteiger partial charge in [-0.3, -0.25) is 0 Å². The molecule has 0 aliphatic heterocycles. The van der Waals surface area contributed by atoms with Gasteiger partial charge < -0.3 is 4.90 Å². The van der Waals surface area contributed by atoms with E-state index in [0.29, 0.717) is 23.4 Å². The summed E-state index contributed by atoms with van der Waals surface area (Å²) in [5.41, 5.74) is 1.11. The average Bonchev–Trinajstić information content (AvgIpc) is 2.65. The van der Waals surface area contributed by atoms with E-state index >= 15 is 0 Å². The summed E-state index contributed by atoms with van der Waals surface area (Å²) in [5, 5.41) is 1.81. The van der Waals surface area contributed by atoms with E-state index in [1.54, 1.807) is 18.2 Å². The Bertz CT molecular complexity index is 986. The van der Waals surface area contributed by atoms with Gasteiger partial charge in [0.2, 0.25) is 10.0 Å². The molecule has 0 unspecified atom stereocenters. The Morgan fingerprint density at radius 3 is 2.38 bits per heavy atom. The van der Waals surface area contributed by atoms with Crippen LogP contribution in [0.3, 0.4) is 0 Å². The molecule has 26 heavy (non-hydrogen) atoms. The maximum absolute atomic E-state index is 12.7. The maximum atomic E-state index is 12.7. The van der Waals surface area contributed by atoms with Crippen LogP contribution >= 0.6 is 11.6 Å². The number of fused-ring (bicyclic) bond motifs is 1. The van der Waals surface area contributed by atoms with Crippen LogP contribution in [0.25, 0.3) is 10.8 Å². The van der Waals surface area contributed by atoms with Gasteiger partial charge in [-0.25, -0.2) is 13.1 Å². The minimum atomic E-state index is -3.62. The average molecular weight is 389 g/mol. The lowest BCUT2D eigenvalue weighted by molar-refractivity contribution is 0.580. The van der Waals surface area contributed by atoms with Gasteiger partial charge in [-0.2, -0.15) is 0 Å². The molecule has 3 aromatic carbocycles. The first-order valence-electron chi connectivity index (χ1n) is 8.42. The van der Waals surface area contributed by atoms with E-state index in [-0.39, 0.29) is 4.90 Å². The first-order valence-corrected chi connectivity index (χ1v) is 10.3. The fraction of sp³-hybridized carbons (Fsp3) is 0.200. The van der Waals surface area contributed by atoms with Crippen LogP contribution in [-0.2, 0) is 10.0 Å². The van der Waals surface area contributed by atoms with Crippen LogP contribution in [-0.4, -0.2) is 28.6 Å². The van der Waals surface area contributed by atoms with Crippen LogP contribution in [0, 0.1) is 0 Å². The summed E-state index contributed by atoms with van der Waals surface area (Å²) < 4.78 is 28.1. The van der Waals surface area contributed by atoms with E-state index in [0.717, 1.165) is 17.6 Å². The Kier molecular flexibility index (Phi) is 5.81. The summed E-state index contributed by atoms with van der Waals surface area (Å²) in [6.07, 6.45) is 0.698. The maximum Gasteiger partial charge on any atom is 0.241 e. The van der Waals surface area contributed by atoms with Crippen LogP contribution in [0.5, 0.6) is 0 Å². The molecule has 0 amide bonds. The topological polar surface area (TPSA) is 49.4 Å². The molecule has 0 saturated heterocycles. The fourth-order valence-corrected chi connectivity index (χ4v) is 4.56. The van der Waals surface area contributed by atoms with Gasteiger partial charge >= 0.3 is 0 Å². The highest BCUT2D eigenvalue weighted by Crippen LogP contribution is 2.29. The molecular formula is C20H21ClN2O2S. The lowest BCUT2D eigenvalue weighted by Gasteiger charge is -2.19. The zero-order chi connectivity index (χ0) is 18.6. The monoisotopic (exact) mass is 388 g/mol. The van der Waals surface area contributed by atoms with Crippen molar-refractivity contribution in [1.29, 1.82) is 0 Å². The van der Waals surface area contributed by atoms with E-state index in [1.165, 1.54) is 0 Å². The van der Waals surface area contributed by atoms with E-state index < -0.39 is 10.0 Å². The van der Waals surface area contributed by atoms with Crippen molar-refractivity contribution in [3.63, 3.8) is 0 Å². The second kappa shape index (κ2) is 8.08. The van der Waals surface area contributed by atoms with Gasteiger partial charge in [0, 0.05) is 36.2 Å². The molecule has 0 aliphatic carbocycles. The number of nitrogens with zero attached hydrogens (tertiary/aromatic N) is 1. The number of rotatable bonds is 7. The van der Waals surface area contributed by atoms with Gasteiger partial charge in [-0.1, -0.05) is 54.1 Å². The van der Waals surface area contributed by atoms with Crippen molar-refractivity contribution in [3.05, 3.63) is 71.8 Å². The summed E-state index contributed by atoms with van der Waals surface area (Å²) in [6.45, 7) is 1.11. The van der Waals surface area contributed by atoms with E-state index in [9.17, 15) is 8.42 Å². The Balaban J connectivity index is 1.67. The predicted molar refractivity (Wildman–Crippen MR) is 108 cm³/mol. The van der Waals surface area contributed by atoms with Crippen molar-refractivity contribution < 1.29 is 8.42 Å². The number of nitrogens with one attached hydrogen (secondary N) is 1. The Hall–Kier alpha value is -2.08. The van der Waals surface area contributed by atoms with Crippen molar-refractivity contribution in [2.24, 2.45) is 0 Å². The summed E-state index contributed by atoms with van der Waals surface area (Å²) >= 11 is 6.24. The molecule has 0 aliphatic rings. The third-order valence-electron chi connectivity index (χ3n) is 4.26. The van der Waals surface area contributed by atoms with Gasteiger partial charge in [0.15, 0.2) is 0 Å². The fourth-order valence-electron chi connectivity index (χ4n) is 2.90. The molecule has 3 aromatic rings. The van der Waals surface area contributed by atoms with Gasteiger partial charge in [-0.15, -0.1) is 0 Å². The Labute approximate surface area is 159 Å². The SMILES string of the molecule is CN(CCCNS(=O)(=O)c1cccc2cccc(Cl)c12)c1ccccc1. The van der Waals surface area contributed by atoms with Crippen LogP contribution in [0.2, 0.25) is 5.02 Å². The second-order valence-electron chi connectivity index (χ2n) is 6.10. The highest BCUT2D eigenvalue weighted by atomic mass is 35.5. The van der Waals surface area contributed by atoms with Gasteiger partial charge in [0.1, 0.15) is 0 Å². The first kappa shape index (κ1) is 18.7. The summed E-state index contributed by atoms with van der Waals surface area (Å²) in [7, 11) is -1.63. The highest BCUT2D eigenvalue weighted by molar-refractivity contribution is 7.89. The molecule has 6 heteroatoms. The third-order valence-corrected chi connectivity index (χ3v) is 6.08. The number of hydrogen-bond donors (Lipinski definition) is 1. The standard InChI is InChI=1S/C20H21ClN2O2S/c1-23(17-10-3-2-4-11-17)15-7-14-22-26(24,25)19-13-6-9-16-8-5-12-18(21)20(16)19/h2-6,8-13,22H,7,14-15H2,1H3. The molecule has 0 radical (unpaired) electrons. The Morgan fingerprint density at radius 2 is 1.65 bits per heavy atom. The predicted octanol–water partition coefficient (Wildman–Crippen LogP) is 4.30. The first-order chi connectivity index (χ1) is 12.5. The molecule has 136 valence electrons. The molecule has 0 saturated carbocycles. The van der Waals surface area contributed by atoms with Gasteiger partial charge in [0.25, 0.3) is 0 Å². The summed E-state index contributed by atoms with van der Waals surface area (Å²) in [5.74, 6) is 0. The van der Waals surface area contributed by atoms with E-state index in [1.807, 2.05) is 55.6 Å². The zero-order valence-corrected chi connectivity index (χ0v) is 16.1. The minimum absolute atomic E-state index is 0.219. The molecule has 0 heterocycles. The zero-order valence-electron chi connectivity index (χ0n) is 14.5. The smallest absolute Gasteiger partial charge is 0.241 e. The molecule has 0 spiro atoms. The highest BCUT2D eigenvalue weighted by Gasteiger charge is 2.18. The van der Waals surface area contributed by atoms with Crippen LogP contribution in [0.15, 0.2) is 71.6 Å². The summed E-state index contributed by atoms with van der Waals surface area (Å²) in [6, 6.07) is 20.6. The van der Waals surface area contributed by atoms with Crippen LogP contribution < -0.4 is 9.62 Å². The molecule has 0 aromatic heterocycles. The van der Waals surface area contributed by atoms with Crippen molar-refractivity contribution in [2.75, 3.05) is 25.0 Å². The molecule has 1 N–H and O–H groups in total. The number of para-hydroxylation sites is 1. The largest absolute Gasteiger partial charge is 0.375 e. The number of halogens is 1. The van der Waals surface area contributed by atoms with Crippen LogP contribution in [0.4, 0.5) is 5.69 Å². The van der Waals surface area contributed by atoms with Crippen molar-refractivity contribution in [2.45, 2.75) is 11.3 Å². The van der Waals surface area contributed by atoms with Crippen molar-refractivity contribution >= 4 is 38.1 Å². The van der Waals surface area contributed by atoms with E-state index in [4.69, 9.17) is 11.6 Å². The van der Waals surface area contributed by atoms with E-state index in [2.05, 4.69) is 9.62 Å². The van der Waals surface area contributed by atoms with Crippen molar-refractivity contribution in [3.8, 4) is 0 Å². The normalized spacial score (nSPS) is 11.6. The number of benzene rings is 3.